The fourth-order valence-electron chi connectivity index (χ4n) is 5.36. The first-order chi connectivity index (χ1) is 18.5. The van der Waals surface area contributed by atoms with Gasteiger partial charge in [0.1, 0.15) is 11.5 Å². The number of phenols is 2. The zero-order valence-electron chi connectivity index (χ0n) is 22.4. The summed E-state index contributed by atoms with van der Waals surface area (Å²) in [4.78, 5) is 32.1. The van der Waals surface area contributed by atoms with E-state index < -0.39 is 11.6 Å². The summed E-state index contributed by atoms with van der Waals surface area (Å²) in [5, 5.41) is 27.6. The van der Waals surface area contributed by atoms with Crippen molar-refractivity contribution in [1.82, 2.24) is 9.80 Å². The van der Waals surface area contributed by atoms with Crippen molar-refractivity contribution >= 4 is 47.8 Å². The average Bonchev–Trinajstić information content (AvgIpc) is 2.94. The summed E-state index contributed by atoms with van der Waals surface area (Å²) < 4.78 is 10.8. The first-order valence-corrected chi connectivity index (χ1v) is 13.4. The van der Waals surface area contributed by atoms with Crippen molar-refractivity contribution in [1.29, 1.82) is 0 Å². The number of hydrogen-bond acceptors (Lipinski definition) is 10. The third-order valence-electron chi connectivity index (χ3n) is 7.42. The van der Waals surface area contributed by atoms with E-state index in [1.54, 1.807) is 0 Å². The minimum absolute atomic E-state index is 0. The summed E-state index contributed by atoms with van der Waals surface area (Å²) in [5.74, 6) is -1.58. The molecule has 10 nitrogen and oxygen atoms in total. The molecule has 0 unspecified atom stereocenters. The van der Waals surface area contributed by atoms with Crippen LogP contribution in [-0.2, 0) is 9.47 Å². The van der Waals surface area contributed by atoms with E-state index in [1.165, 1.54) is 12.1 Å². The highest BCUT2D eigenvalue weighted by molar-refractivity contribution is 6.33. The molecule has 2 aromatic rings. The highest BCUT2D eigenvalue weighted by atomic mass is 35.5. The summed E-state index contributed by atoms with van der Waals surface area (Å²) in [5.41, 5.74) is 1.26. The van der Waals surface area contributed by atoms with E-state index in [1.807, 2.05) is 12.1 Å². The van der Waals surface area contributed by atoms with E-state index >= 15 is 0 Å². The van der Waals surface area contributed by atoms with Gasteiger partial charge in [-0.3, -0.25) is 19.4 Å². The van der Waals surface area contributed by atoms with Crippen LogP contribution in [-0.4, -0.2) is 110 Å². The highest BCUT2D eigenvalue weighted by Gasteiger charge is 2.38. The van der Waals surface area contributed by atoms with Crippen LogP contribution in [0.2, 0.25) is 0 Å². The lowest BCUT2D eigenvalue weighted by atomic mass is 9.81. The molecule has 0 amide bonds. The van der Waals surface area contributed by atoms with E-state index in [4.69, 9.17) is 9.47 Å². The number of anilines is 2. The van der Waals surface area contributed by atoms with Crippen molar-refractivity contribution in [2.75, 3.05) is 89.4 Å². The Morgan fingerprint density at radius 3 is 1.38 bits per heavy atom. The molecule has 2 saturated heterocycles. The summed E-state index contributed by atoms with van der Waals surface area (Å²) in [7, 11) is 0. The van der Waals surface area contributed by atoms with Gasteiger partial charge in [-0.25, -0.2) is 0 Å². The van der Waals surface area contributed by atoms with Crippen molar-refractivity contribution in [3.8, 4) is 11.5 Å². The van der Waals surface area contributed by atoms with E-state index in [9.17, 15) is 19.8 Å². The second-order valence-corrected chi connectivity index (χ2v) is 9.89. The van der Waals surface area contributed by atoms with Gasteiger partial charge in [-0.2, -0.15) is 0 Å². The van der Waals surface area contributed by atoms with Gasteiger partial charge in [0.15, 0.2) is 0 Å². The first-order valence-electron chi connectivity index (χ1n) is 13.4. The van der Waals surface area contributed by atoms with E-state index in [-0.39, 0.29) is 58.6 Å². The number of halogens is 2. The van der Waals surface area contributed by atoms with Crippen molar-refractivity contribution in [2.24, 2.45) is 0 Å². The molecule has 5 rings (SSSR count). The molecule has 2 fully saturated rings. The number of ether oxygens (including phenoxy) is 2. The number of carbonyl (C=O) groups is 2. The van der Waals surface area contributed by atoms with E-state index in [2.05, 4.69) is 20.4 Å². The van der Waals surface area contributed by atoms with Crippen LogP contribution in [0.15, 0.2) is 24.3 Å². The minimum Gasteiger partial charge on any atom is -0.507 e. The highest BCUT2D eigenvalue weighted by Crippen LogP contribution is 2.42. The van der Waals surface area contributed by atoms with Gasteiger partial charge in [0, 0.05) is 50.6 Å². The number of phenolic OH excluding ortho intramolecular Hbond substituents is 2. The molecule has 0 bridgehead atoms. The number of fused-ring (bicyclic) bond motifs is 2. The summed E-state index contributed by atoms with van der Waals surface area (Å²) in [6, 6.07) is 6.11. The Kier molecular flexibility index (Phi) is 11.9. The van der Waals surface area contributed by atoms with Gasteiger partial charge in [-0.15, -0.1) is 24.8 Å². The number of nitrogens with zero attached hydrogens (tertiary/aromatic N) is 2. The van der Waals surface area contributed by atoms with Gasteiger partial charge < -0.3 is 30.3 Å². The SMILES string of the molecule is Cl.Cl.O=C1c2c(O)ccc(O)c2C(=O)c2c(NCCCN3CCOCC3)ccc(NCCCN3CCOCC3)c21. The largest absolute Gasteiger partial charge is 0.507 e. The molecule has 3 aliphatic rings. The number of nitrogens with one attached hydrogen (secondary N) is 2. The topological polar surface area (TPSA) is 124 Å². The van der Waals surface area contributed by atoms with Crippen LogP contribution in [0.4, 0.5) is 11.4 Å². The molecule has 2 aromatic carbocycles. The third kappa shape index (κ3) is 6.99. The molecule has 40 heavy (non-hydrogen) atoms. The van der Waals surface area contributed by atoms with Gasteiger partial charge in [-0.1, -0.05) is 0 Å². The van der Waals surface area contributed by atoms with E-state index in [0.717, 1.165) is 78.5 Å². The second-order valence-electron chi connectivity index (χ2n) is 9.89. The van der Waals surface area contributed by atoms with Crippen LogP contribution in [0, 0.1) is 0 Å². The predicted molar refractivity (Wildman–Crippen MR) is 158 cm³/mol. The molecule has 0 radical (unpaired) electrons. The fourth-order valence-corrected chi connectivity index (χ4v) is 5.36. The minimum atomic E-state index is -0.476. The maximum absolute atomic E-state index is 13.7. The van der Waals surface area contributed by atoms with Crippen molar-refractivity contribution < 1.29 is 29.3 Å². The van der Waals surface area contributed by atoms with Crippen molar-refractivity contribution in [3.63, 3.8) is 0 Å². The Balaban J connectivity index is 0.00000220. The molecule has 2 aliphatic heterocycles. The maximum Gasteiger partial charge on any atom is 0.200 e. The van der Waals surface area contributed by atoms with Crippen LogP contribution in [0.5, 0.6) is 11.5 Å². The maximum atomic E-state index is 13.7. The molecular weight excluding hydrogens is 559 g/mol. The van der Waals surface area contributed by atoms with Crippen LogP contribution in [0.3, 0.4) is 0 Å². The van der Waals surface area contributed by atoms with Crippen molar-refractivity contribution in [2.45, 2.75) is 12.8 Å². The molecule has 2 heterocycles. The normalized spacial score (nSPS) is 17.3. The second kappa shape index (κ2) is 14.9. The lowest BCUT2D eigenvalue weighted by Gasteiger charge is -2.27. The van der Waals surface area contributed by atoms with Gasteiger partial charge in [0.05, 0.1) is 48.7 Å². The summed E-state index contributed by atoms with van der Waals surface area (Å²) in [6.45, 7) is 9.68. The Hall–Kier alpha value is -2.60. The lowest BCUT2D eigenvalue weighted by Crippen LogP contribution is -2.37. The van der Waals surface area contributed by atoms with Crippen LogP contribution in [0.25, 0.3) is 0 Å². The van der Waals surface area contributed by atoms with Gasteiger partial charge in [-0.05, 0) is 50.2 Å². The molecule has 1 aliphatic carbocycles. The van der Waals surface area contributed by atoms with Gasteiger partial charge >= 0.3 is 0 Å². The van der Waals surface area contributed by atoms with Gasteiger partial charge in [0.25, 0.3) is 0 Å². The molecule has 0 saturated carbocycles. The zero-order valence-corrected chi connectivity index (χ0v) is 24.1. The smallest absolute Gasteiger partial charge is 0.200 e. The Morgan fingerprint density at radius 2 is 1.00 bits per heavy atom. The zero-order chi connectivity index (χ0) is 26.5. The van der Waals surface area contributed by atoms with Gasteiger partial charge in [0.2, 0.25) is 11.6 Å². The number of rotatable bonds is 10. The monoisotopic (exact) mass is 596 g/mol. The average molecular weight is 598 g/mol. The standard InChI is InChI=1S/C28H36N4O6.2ClH/c33-21-5-6-22(34)26-25(21)27(35)23-19(29-7-1-9-31-11-15-37-16-12-31)3-4-20(24(23)28(26)36)30-8-2-10-32-13-17-38-18-14-32;;/h3-6,29-30,33-34H,1-2,7-18H2;2*1H. The summed E-state index contributed by atoms with van der Waals surface area (Å²) in [6.07, 6.45) is 1.72. The number of carbonyl (C=O) groups excluding carboxylic acids is 2. The van der Waals surface area contributed by atoms with Crippen LogP contribution in [0.1, 0.15) is 44.7 Å². The molecule has 220 valence electrons. The number of hydrogen-bond donors (Lipinski definition) is 4. The lowest BCUT2D eigenvalue weighted by molar-refractivity contribution is 0.0378. The number of benzene rings is 2. The Labute approximate surface area is 246 Å². The molecule has 12 heteroatoms. The molecule has 0 spiro atoms. The molecular formula is C28H38Cl2N4O6. The molecule has 0 atom stereocenters. The molecule has 0 aromatic heterocycles. The van der Waals surface area contributed by atoms with Crippen LogP contribution < -0.4 is 10.6 Å². The third-order valence-corrected chi connectivity index (χ3v) is 7.42. The number of aromatic hydroxyl groups is 2. The van der Waals surface area contributed by atoms with Crippen LogP contribution >= 0.6 is 24.8 Å². The molecule has 4 N–H and O–H groups in total. The predicted octanol–water partition coefficient (Wildman–Crippen LogP) is 2.99. The number of ketones is 2. The fraction of sp³-hybridized carbons (Fsp3) is 0.500. The first kappa shape index (κ1) is 31.9. The number of morpholine rings is 2. The Bertz CT molecular complexity index is 1100. The summed E-state index contributed by atoms with van der Waals surface area (Å²) >= 11 is 0. The quantitative estimate of drug-likeness (QED) is 0.205. The van der Waals surface area contributed by atoms with E-state index in [0.29, 0.717) is 24.5 Å². The Morgan fingerprint density at radius 1 is 0.625 bits per heavy atom. The van der Waals surface area contributed by atoms with Crippen molar-refractivity contribution in [3.05, 3.63) is 46.5 Å².